The monoisotopic (exact) mass is 409 g/mol. The van der Waals surface area contributed by atoms with Gasteiger partial charge in [0, 0.05) is 24.3 Å². The molecule has 1 atom stereocenters. The number of nitrogens with zero attached hydrogens (tertiary/aromatic N) is 3. The van der Waals surface area contributed by atoms with Crippen molar-refractivity contribution in [2.45, 2.75) is 25.8 Å². The summed E-state index contributed by atoms with van der Waals surface area (Å²) in [5, 5.41) is 6.15. The molecule has 0 radical (unpaired) electrons. The van der Waals surface area contributed by atoms with Crippen LogP contribution < -0.4 is 10.6 Å². The van der Waals surface area contributed by atoms with Crippen molar-refractivity contribution in [3.63, 3.8) is 0 Å². The summed E-state index contributed by atoms with van der Waals surface area (Å²) < 4.78 is 17.6. The van der Waals surface area contributed by atoms with Crippen LogP contribution >= 0.6 is 11.3 Å². The van der Waals surface area contributed by atoms with Crippen molar-refractivity contribution in [1.29, 1.82) is 0 Å². The highest BCUT2D eigenvalue weighted by atomic mass is 32.1. The minimum atomic E-state index is -0.261. The number of hydrogen-bond acceptors (Lipinski definition) is 5. The Hall–Kier alpha value is -2.84. The van der Waals surface area contributed by atoms with Gasteiger partial charge in [-0.3, -0.25) is 9.20 Å². The number of carbonyl (C=O) groups is 1. The third-order valence-corrected chi connectivity index (χ3v) is 6.30. The number of rotatable bonds is 4. The van der Waals surface area contributed by atoms with Gasteiger partial charge >= 0.3 is 0 Å². The van der Waals surface area contributed by atoms with Crippen molar-refractivity contribution in [2.24, 2.45) is 0 Å². The molecule has 8 heteroatoms. The van der Waals surface area contributed by atoms with Gasteiger partial charge in [0.1, 0.15) is 11.5 Å². The molecule has 0 aliphatic carbocycles. The lowest BCUT2D eigenvalue weighted by molar-refractivity contribution is 0.0951. The molecular weight excluding hydrogens is 389 g/mol. The maximum absolute atomic E-state index is 14.8. The van der Waals surface area contributed by atoms with E-state index < -0.39 is 0 Å². The number of carbonyl (C=O) groups excluding carboxylic acids is 1. The molecule has 1 fully saturated rings. The zero-order valence-corrected chi connectivity index (χ0v) is 16.7. The molecule has 6 nitrogen and oxygen atoms in total. The van der Waals surface area contributed by atoms with E-state index in [9.17, 15) is 9.18 Å². The Morgan fingerprint density at radius 2 is 2.31 bits per heavy atom. The quantitative estimate of drug-likeness (QED) is 0.536. The number of thiazole rings is 1. The van der Waals surface area contributed by atoms with Crippen LogP contribution in [0.25, 0.3) is 26.4 Å². The van der Waals surface area contributed by atoms with E-state index in [0.717, 1.165) is 40.1 Å². The Balaban J connectivity index is 1.51. The van der Waals surface area contributed by atoms with E-state index in [1.807, 2.05) is 29.7 Å². The Labute approximate surface area is 170 Å². The molecule has 1 amide bonds. The maximum Gasteiger partial charge on any atom is 0.269 e. The molecule has 0 bridgehead atoms. The van der Waals surface area contributed by atoms with E-state index in [4.69, 9.17) is 0 Å². The topological polar surface area (TPSA) is 71.3 Å². The number of amides is 1. The SMILES string of the molecule is CCNC(=O)c1cc2sc3nc(-c4ccc(C5CCCN5)cc4F)cn3c2cn1. The zero-order valence-electron chi connectivity index (χ0n) is 15.9. The van der Waals surface area contributed by atoms with Gasteiger partial charge in [0.05, 0.1) is 22.1 Å². The largest absolute Gasteiger partial charge is 0.351 e. The fraction of sp³-hybridized carbons (Fsp3) is 0.286. The van der Waals surface area contributed by atoms with E-state index in [2.05, 4.69) is 20.6 Å². The second-order valence-electron chi connectivity index (χ2n) is 7.17. The number of hydrogen-bond donors (Lipinski definition) is 2. The van der Waals surface area contributed by atoms with Crippen LogP contribution in [0.3, 0.4) is 0 Å². The van der Waals surface area contributed by atoms with Crippen molar-refractivity contribution >= 4 is 32.4 Å². The Morgan fingerprint density at radius 3 is 3.07 bits per heavy atom. The van der Waals surface area contributed by atoms with E-state index in [-0.39, 0.29) is 17.8 Å². The van der Waals surface area contributed by atoms with Crippen molar-refractivity contribution in [1.82, 2.24) is 25.0 Å². The highest BCUT2D eigenvalue weighted by Crippen LogP contribution is 2.32. The zero-order chi connectivity index (χ0) is 20.0. The van der Waals surface area contributed by atoms with Crippen LogP contribution in [0.4, 0.5) is 4.39 Å². The minimum absolute atomic E-state index is 0.194. The molecule has 1 saturated heterocycles. The second-order valence-corrected chi connectivity index (χ2v) is 8.17. The fourth-order valence-corrected chi connectivity index (χ4v) is 4.84. The first-order chi connectivity index (χ1) is 14.1. The van der Waals surface area contributed by atoms with Gasteiger partial charge in [-0.2, -0.15) is 0 Å². The molecule has 4 heterocycles. The number of halogens is 1. The van der Waals surface area contributed by atoms with Gasteiger partial charge in [-0.15, -0.1) is 0 Å². The smallest absolute Gasteiger partial charge is 0.269 e. The van der Waals surface area contributed by atoms with Crippen LogP contribution in [0, 0.1) is 5.82 Å². The number of nitrogens with one attached hydrogen (secondary N) is 2. The number of imidazole rings is 1. The third-order valence-electron chi connectivity index (χ3n) is 5.28. The number of aromatic nitrogens is 3. The van der Waals surface area contributed by atoms with Crippen LogP contribution in [-0.2, 0) is 0 Å². The van der Waals surface area contributed by atoms with Crippen molar-refractivity contribution < 1.29 is 9.18 Å². The summed E-state index contributed by atoms with van der Waals surface area (Å²) in [4.78, 5) is 21.6. The van der Waals surface area contributed by atoms with Crippen LogP contribution in [0.5, 0.6) is 0 Å². The third kappa shape index (κ3) is 3.18. The lowest BCUT2D eigenvalue weighted by Crippen LogP contribution is -2.23. The average molecular weight is 409 g/mol. The van der Waals surface area contributed by atoms with E-state index >= 15 is 0 Å². The van der Waals surface area contributed by atoms with Gasteiger partial charge < -0.3 is 10.6 Å². The summed E-state index contributed by atoms with van der Waals surface area (Å²) in [5.41, 5.74) is 3.30. The molecule has 0 saturated carbocycles. The molecule has 3 aromatic heterocycles. The first-order valence-electron chi connectivity index (χ1n) is 9.73. The molecule has 1 aromatic carbocycles. The van der Waals surface area contributed by atoms with Crippen LogP contribution in [0.2, 0.25) is 0 Å². The van der Waals surface area contributed by atoms with E-state index in [1.165, 1.54) is 11.3 Å². The van der Waals surface area contributed by atoms with Gasteiger partial charge in [-0.1, -0.05) is 17.4 Å². The molecule has 2 N–H and O–H groups in total. The van der Waals surface area contributed by atoms with Crippen molar-refractivity contribution in [3.8, 4) is 11.3 Å². The standard InChI is InChI=1S/C21H20FN5OS/c1-2-23-20(28)16-9-19-18(10-25-16)27-11-17(26-21(27)29-19)13-6-5-12(8-14(13)22)15-4-3-7-24-15/h5-6,8-11,15,24H,2-4,7H2,1H3,(H,23,28). The molecule has 1 aliphatic heterocycles. The van der Waals surface area contributed by atoms with Gasteiger partial charge in [-0.05, 0) is 50.1 Å². The molecule has 0 spiro atoms. The Bertz CT molecular complexity index is 1220. The predicted octanol–water partition coefficient (Wildman–Crippen LogP) is 3.92. The predicted molar refractivity (Wildman–Crippen MR) is 112 cm³/mol. The first-order valence-corrected chi connectivity index (χ1v) is 10.5. The van der Waals surface area contributed by atoms with E-state index in [0.29, 0.717) is 23.5 Å². The summed E-state index contributed by atoms with van der Waals surface area (Å²) in [6.45, 7) is 3.40. The van der Waals surface area contributed by atoms with Gasteiger partial charge in [0.15, 0.2) is 4.96 Å². The minimum Gasteiger partial charge on any atom is -0.351 e. The van der Waals surface area contributed by atoms with Crippen LogP contribution in [0.1, 0.15) is 41.9 Å². The molecule has 29 heavy (non-hydrogen) atoms. The van der Waals surface area contributed by atoms with Gasteiger partial charge in [0.25, 0.3) is 5.91 Å². The summed E-state index contributed by atoms with van der Waals surface area (Å²) in [6, 6.07) is 7.41. The highest BCUT2D eigenvalue weighted by molar-refractivity contribution is 7.23. The summed E-state index contributed by atoms with van der Waals surface area (Å²) in [5.74, 6) is -0.456. The first kappa shape index (κ1) is 18.2. The lowest BCUT2D eigenvalue weighted by atomic mass is 10.0. The van der Waals surface area contributed by atoms with Crippen molar-refractivity contribution in [3.05, 3.63) is 53.7 Å². The van der Waals surface area contributed by atoms with Crippen LogP contribution in [0.15, 0.2) is 36.7 Å². The maximum atomic E-state index is 14.8. The van der Waals surface area contributed by atoms with Crippen LogP contribution in [-0.4, -0.2) is 33.4 Å². The second kappa shape index (κ2) is 7.20. The lowest BCUT2D eigenvalue weighted by Gasteiger charge is -2.11. The Kier molecular flexibility index (Phi) is 4.52. The molecule has 5 rings (SSSR count). The van der Waals surface area contributed by atoms with Gasteiger partial charge in [-0.25, -0.2) is 14.4 Å². The highest BCUT2D eigenvalue weighted by Gasteiger charge is 2.19. The molecule has 1 aliphatic rings. The summed E-state index contributed by atoms with van der Waals surface area (Å²) >= 11 is 1.46. The number of benzene rings is 1. The fourth-order valence-electron chi connectivity index (χ4n) is 3.83. The Morgan fingerprint density at radius 1 is 1.41 bits per heavy atom. The molecule has 148 valence electrons. The number of pyridine rings is 1. The number of fused-ring (bicyclic) bond motifs is 3. The molecule has 4 aromatic rings. The normalized spacial score (nSPS) is 16.7. The van der Waals surface area contributed by atoms with Gasteiger partial charge in [0.2, 0.25) is 0 Å². The summed E-state index contributed by atoms with van der Waals surface area (Å²) in [7, 11) is 0. The molecular formula is C21H20FN5OS. The van der Waals surface area contributed by atoms with Crippen molar-refractivity contribution in [2.75, 3.05) is 13.1 Å². The van der Waals surface area contributed by atoms with E-state index in [1.54, 1.807) is 18.3 Å². The average Bonchev–Trinajstić information content (AvgIpc) is 3.44. The molecule has 1 unspecified atom stereocenters. The summed E-state index contributed by atoms with van der Waals surface area (Å²) in [6.07, 6.45) is 5.65.